The maximum absolute atomic E-state index is 11.1. The van der Waals surface area contributed by atoms with Gasteiger partial charge >= 0.3 is 5.97 Å². The van der Waals surface area contributed by atoms with Crippen LogP contribution in [0.4, 0.5) is 0 Å². The number of carbonyl (C=O) groups is 1. The Kier molecular flexibility index (Phi) is 6.93. The number of hydrogen-bond donors (Lipinski definition) is 1. The van der Waals surface area contributed by atoms with Crippen LogP contribution in [0.25, 0.3) is 10.9 Å². The van der Waals surface area contributed by atoms with Crippen molar-refractivity contribution in [3.8, 4) is 5.75 Å². The van der Waals surface area contributed by atoms with E-state index < -0.39 is 5.97 Å². The van der Waals surface area contributed by atoms with Gasteiger partial charge in [0, 0.05) is 23.4 Å². The lowest BCUT2D eigenvalue weighted by molar-refractivity contribution is -0.137. The second-order valence-electron chi connectivity index (χ2n) is 8.11. The summed E-state index contributed by atoms with van der Waals surface area (Å²) >= 11 is 0. The van der Waals surface area contributed by atoms with E-state index in [-0.39, 0.29) is 12.3 Å². The molecule has 5 nitrogen and oxygen atoms in total. The van der Waals surface area contributed by atoms with Gasteiger partial charge in [0.1, 0.15) is 12.4 Å². The van der Waals surface area contributed by atoms with Crippen LogP contribution >= 0.6 is 0 Å². The molecule has 0 bridgehead atoms. The van der Waals surface area contributed by atoms with Crippen LogP contribution in [0.5, 0.6) is 5.75 Å². The molecule has 0 amide bonds. The third kappa shape index (κ3) is 5.09. The molecular formula is C25H30N2O3. The standard InChI is InChI=1S/C25H30N2O3/c1-5-6-20(13-24(28)29)19-9-11-22(12-10-19)30-16-21-8-7-18(4)25-23(21)14-26-27(25)15-17(2)3/h5-12,14,17,20H,13,15-16H2,1-4H3,(H,28,29)/t20-/m1/s1. The van der Waals surface area contributed by atoms with E-state index >= 15 is 0 Å². The topological polar surface area (TPSA) is 64.3 Å². The van der Waals surface area contributed by atoms with Gasteiger partial charge in [0.2, 0.25) is 0 Å². The van der Waals surface area contributed by atoms with Gasteiger partial charge in [-0.1, -0.05) is 50.3 Å². The third-order valence-corrected chi connectivity index (χ3v) is 5.15. The van der Waals surface area contributed by atoms with Crippen LogP contribution in [0.15, 0.2) is 54.7 Å². The van der Waals surface area contributed by atoms with Gasteiger partial charge in [-0.05, 0) is 43.0 Å². The summed E-state index contributed by atoms with van der Waals surface area (Å²) < 4.78 is 8.12. The van der Waals surface area contributed by atoms with Crippen LogP contribution < -0.4 is 4.74 Å². The summed E-state index contributed by atoms with van der Waals surface area (Å²) in [5.74, 6) is 0.347. The molecule has 0 spiro atoms. The molecule has 0 aliphatic rings. The highest BCUT2D eigenvalue weighted by Gasteiger charge is 2.14. The number of aryl methyl sites for hydroxylation is 1. The molecule has 2 aromatic carbocycles. The Morgan fingerprint density at radius 2 is 1.93 bits per heavy atom. The van der Waals surface area contributed by atoms with Crippen LogP contribution in [0.2, 0.25) is 0 Å². The summed E-state index contributed by atoms with van der Waals surface area (Å²) in [5.41, 5.74) is 4.45. The highest BCUT2D eigenvalue weighted by Crippen LogP contribution is 2.27. The van der Waals surface area contributed by atoms with Crippen molar-refractivity contribution < 1.29 is 14.6 Å². The minimum Gasteiger partial charge on any atom is -0.489 e. The highest BCUT2D eigenvalue weighted by molar-refractivity contribution is 5.85. The van der Waals surface area contributed by atoms with Gasteiger partial charge < -0.3 is 9.84 Å². The number of benzene rings is 2. The minimum atomic E-state index is -0.806. The molecule has 5 heteroatoms. The van der Waals surface area contributed by atoms with E-state index in [0.29, 0.717) is 12.5 Å². The van der Waals surface area contributed by atoms with Gasteiger partial charge in [-0.3, -0.25) is 9.48 Å². The summed E-state index contributed by atoms with van der Waals surface area (Å²) in [6.07, 6.45) is 5.81. The molecule has 0 aliphatic heterocycles. The van der Waals surface area contributed by atoms with Gasteiger partial charge in [-0.25, -0.2) is 0 Å². The van der Waals surface area contributed by atoms with Crippen molar-refractivity contribution in [1.82, 2.24) is 9.78 Å². The van der Waals surface area contributed by atoms with Crippen molar-refractivity contribution in [3.63, 3.8) is 0 Å². The van der Waals surface area contributed by atoms with E-state index in [4.69, 9.17) is 9.84 Å². The zero-order chi connectivity index (χ0) is 21.7. The number of rotatable bonds is 9. The fourth-order valence-electron chi connectivity index (χ4n) is 3.73. The number of aliphatic carboxylic acids is 1. The lowest BCUT2D eigenvalue weighted by Gasteiger charge is -2.13. The van der Waals surface area contributed by atoms with Crippen LogP contribution in [0.3, 0.4) is 0 Å². The summed E-state index contributed by atoms with van der Waals surface area (Å²) in [5, 5.41) is 14.8. The highest BCUT2D eigenvalue weighted by atomic mass is 16.5. The second-order valence-corrected chi connectivity index (χ2v) is 8.11. The van der Waals surface area contributed by atoms with E-state index in [2.05, 4.69) is 42.7 Å². The Labute approximate surface area is 178 Å². The largest absolute Gasteiger partial charge is 0.489 e. The summed E-state index contributed by atoms with van der Waals surface area (Å²) in [4.78, 5) is 11.1. The second kappa shape index (κ2) is 9.61. The Hall–Kier alpha value is -3.08. The molecule has 0 fully saturated rings. The SMILES string of the molecule is CC=C[C@H](CC(=O)O)c1ccc(OCc2ccc(C)c3c2cnn3CC(C)C)cc1. The number of allylic oxidation sites excluding steroid dienone is 2. The Morgan fingerprint density at radius 1 is 1.20 bits per heavy atom. The maximum Gasteiger partial charge on any atom is 0.304 e. The number of ether oxygens (including phenoxy) is 1. The number of hydrogen-bond acceptors (Lipinski definition) is 3. The Morgan fingerprint density at radius 3 is 2.57 bits per heavy atom. The Bertz CT molecular complexity index is 1030. The van der Waals surface area contributed by atoms with Gasteiger partial charge in [0.25, 0.3) is 0 Å². The molecule has 30 heavy (non-hydrogen) atoms. The van der Waals surface area contributed by atoms with Gasteiger partial charge in [0.15, 0.2) is 0 Å². The van der Waals surface area contributed by atoms with Crippen LogP contribution in [0, 0.1) is 12.8 Å². The van der Waals surface area contributed by atoms with Crippen LogP contribution in [0.1, 0.15) is 49.8 Å². The Balaban J connectivity index is 1.76. The normalized spacial score (nSPS) is 12.7. The quantitative estimate of drug-likeness (QED) is 0.462. The lowest BCUT2D eigenvalue weighted by Crippen LogP contribution is -2.06. The fraction of sp³-hybridized carbons (Fsp3) is 0.360. The van der Waals surface area contributed by atoms with E-state index in [0.717, 1.165) is 28.8 Å². The van der Waals surface area contributed by atoms with Gasteiger partial charge in [-0.2, -0.15) is 5.10 Å². The van der Waals surface area contributed by atoms with Crippen molar-refractivity contribution in [1.29, 1.82) is 0 Å². The number of nitrogens with zero attached hydrogens (tertiary/aromatic N) is 2. The van der Waals surface area contributed by atoms with Crippen molar-refractivity contribution in [2.24, 2.45) is 5.92 Å². The van der Waals surface area contributed by atoms with Crippen LogP contribution in [-0.4, -0.2) is 20.9 Å². The predicted octanol–water partition coefficient (Wildman–Crippen LogP) is 5.71. The number of fused-ring (bicyclic) bond motifs is 1. The first kappa shape index (κ1) is 21.6. The lowest BCUT2D eigenvalue weighted by atomic mass is 9.95. The minimum absolute atomic E-state index is 0.0757. The van der Waals surface area contributed by atoms with Crippen molar-refractivity contribution >= 4 is 16.9 Å². The molecule has 0 unspecified atom stereocenters. The molecule has 1 N–H and O–H groups in total. The zero-order valence-corrected chi connectivity index (χ0v) is 18.1. The van der Waals surface area contributed by atoms with E-state index in [1.807, 2.05) is 49.5 Å². The average molecular weight is 407 g/mol. The molecule has 1 atom stereocenters. The van der Waals surface area contributed by atoms with E-state index in [1.165, 1.54) is 11.1 Å². The fourth-order valence-corrected chi connectivity index (χ4v) is 3.73. The first-order chi connectivity index (χ1) is 14.4. The smallest absolute Gasteiger partial charge is 0.304 e. The molecule has 0 radical (unpaired) electrons. The zero-order valence-electron chi connectivity index (χ0n) is 18.1. The first-order valence-electron chi connectivity index (χ1n) is 10.4. The first-order valence-corrected chi connectivity index (χ1v) is 10.4. The monoisotopic (exact) mass is 406 g/mol. The summed E-state index contributed by atoms with van der Waals surface area (Å²) in [6, 6.07) is 11.9. The molecule has 3 aromatic rings. The van der Waals surface area contributed by atoms with Gasteiger partial charge in [-0.15, -0.1) is 0 Å². The number of carboxylic acids is 1. The van der Waals surface area contributed by atoms with Crippen molar-refractivity contribution in [3.05, 3.63) is 71.4 Å². The molecule has 158 valence electrons. The maximum atomic E-state index is 11.1. The molecule has 1 heterocycles. The van der Waals surface area contributed by atoms with Crippen molar-refractivity contribution in [2.75, 3.05) is 0 Å². The van der Waals surface area contributed by atoms with E-state index in [9.17, 15) is 4.79 Å². The third-order valence-electron chi connectivity index (χ3n) is 5.15. The molecule has 0 saturated carbocycles. The molecule has 3 rings (SSSR count). The summed E-state index contributed by atoms with van der Waals surface area (Å²) in [6.45, 7) is 9.74. The average Bonchev–Trinajstić information content (AvgIpc) is 3.11. The molecule has 0 saturated heterocycles. The van der Waals surface area contributed by atoms with Crippen LogP contribution in [-0.2, 0) is 17.9 Å². The van der Waals surface area contributed by atoms with Gasteiger partial charge in [0.05, 0.1) is 18.1 Å². The van der Waals surface area contributed by atoms with E-state index in [1.54, 1.807) is 0 Å². The van der Waals surface area contributed by atoms with Crippen molar-refractivity contribution in [2.45, 2.75) is 53.2 Å². The predicted molar refractivity (Wildman–Crippen MR) is 120 cm³/mol. The molecular weight excluding hydrogens is 376 g/mol. The number of aromatic nitrogens is 2. The number of carboxylic acid groups (broad SMARTS) is 1. The molecule has 0 aliphatic carbocycles. The summed E-state index contributed by atoms with van der Waals surface area (Å²) in [7, 11) is 0. The molecule has 1 aromatic heterocycles.